The summed E-state index contributed by atoms with van der Waals surface area (Å²) < 4.78 is 11.3. The Hall–Kier alpha value is -2.31. The van der Waals surface area contributed by atoms with Gasteiger partial charge in [0.25, 0.3) is 11.5 Å². The number of aromatic nitrogens is 1. The minimum atomic E-state index is -0.170. The van der Waals surface area contributed by atoms with Gasteiger partial charge in [-0.2, -0.15) is 0 Å². The van der Waals surface area contributed by atoms with Gasteiger partial charge in [-0.25, -0.2) is 0 Å². The molecule has 4 rings (SSSR count). The van der Waals surface area contributed by atoms with E-state index >= 15 is 0 Å². The van der Waals surface area contributed by atoms with E-state index in [0.29, 0.717) is 41.5 Å². The third-order valence-electron chi connectivity index (χ3n) is 5.72. The van der Waals surface area contributed by atoms with Crippen LogP contribution in [0.4, 0.5) is 0 Å². The molecule has 1 amide bonds. The Morgan fingerprint density at radius 1 is 1.26 bits per heavy atom. The summed E-state index contributed by atoms with van der Waals surface area (Å²) in [6.07, 6.45) is 1.43. The predicted octanol–water partition coefficient (Wildman–Crippen LogP) is 4.43. The van der Waals surface area contributed by atoms with Gasteiger partial charge < -0.3 is 19.4 Å². The van der Waals surface area contributed by atoms with E-state index in [1.54, 1.807) is 4.90 Å². The van der Waals surface area contributed by atoms with Gasteiger partial charge in [0.2, 0.25) is 0 Å². The third-order valence-corrected chi connectivity index (χ3v) is 6.09. The van der Waals surface area contributed by atoms with Crippen LogP contribution in [0.5, 0.6) is 5.75 Å². The highest BCUT2D eigenvalue weighted by atomic mass is 35.5. The first-order valence-electron chi connectivity index (χ1n) is 10.9. The molecule has 2 aliphatic rings. The molecule has 1 aromatic heterocycles. The van der Waals surface area contributed by atoms with Crippen molar-refractivity contribution in [2.75, 3.05) is 13.2 Å². The third kappa shape index (κ3) is 4.80. The minimum absolute atomic E-state index is 0.0406. The standard InChI is InChI=1S/C22H25ClN2O4.C2H6/c1-12-8-13(2)24-21(26)17(12)10-25-14(3)9-15-4-5-18(20(23)19(15)22(25)27)29-16-6-7-28-11-16;1-2/h4-5,8,14,16H,6-7,9-11H2,1-3H3,(H,24,26);1-2H3/t14?,16-;/m1./s1. The Kier molecular flexibility index (Phi) is 7.44. The van der Waals surface area contributed by atoms with Crippen LogP contribution in [0.15, 0.2) is 23.0 Å². The van der Waals surface area contributed by atoms with Gasteiger partial charge in [0.1, 0.15) is 11.9 Å². The maximum absolute atomic E-state index is 13.4. The first-order chi connectivity index (χ1) is 14.8. The molecule has 1 fully saturated rings. The molecule has 3 heterocycles. The summed E-state index contributed by atoms with van der Waals surface area (Å²) in [5.41, 5.74) is 3.51. The molecule has 31 heavy (non-hydrogen) atoms. The monoisotopic (exact) mass is 446 g/mol. The number of nitrogens with zero attached hydrogens (tertiary/aromatic N) is 1. The molecule has 0 aliphatic carbocycles. The molecule has 1 unspecified atom stereocenters. The number of H-pyrrole nitrogens is 1. The Morgan fingerprint density at radius 3 is 2.65 bits per heavy atom. The molecule has 1 saturated heterocycles. The van der Waals surface area contributed by atoms with Crippen molar-refractivity contribution in [3.63, 3.8) is 0 Å². The first kappa shape index (κ1) is 23.4. The fraction of sp³-hybridized carbons (Fsp3) is 0.500. The van der Waals surface area contributed by atoms with Crippen molar-refractivity contribution in [1.82, 2.24) is 9.88 Å². The highest BCUT2D eigenvalue weighted by Gasteiger charge is 2.34. The van der Waals surface area contributed by atoms with Crippen LogP contribution in [0.2, 0.25) is 5.02 Å². The molecule has 0 bridgehead atoms. The van der Waals surface area contributed by atoms with Gasteiger partial charge in [0.05, 0.1) is 30.3 Å². The largest absolute Gasteiger partial charge is 0.486 e. The average Bonchev–Trinajstić information content (AvgIpc) is 3.23. The lowest BCUT2D eigenvalue weighted by atomic mass is 9.93. The van der Waals surface area contributed by atoms with Crippen molar-refractivity contribution in [3.8, 4) is 5.75 Å². The van der Waals surface area contributed by atoms with Crippen LogP contribution in [0.25, 0.3) is 0 Å². The summed E-state index contributed by atoms with van der Waals surface area (Å²) in [5.74, 6) is 0.337. The summed E-state index contributed by atoms with van der Waals surface area (Å²) in [6.45, 7) is 11.2. The number of halogens is 1. The van der Waals surface area contributed by atoms with Crippen molar-refractivity contribution in [2.24, 2.45) is 0 Å². The summed E-state index contributed by atoms with van der Waals surface area (Å²) in [7, 11) is 0. The molecule has 0 radical (unpaired) electrons. The molecule has 7 heteroatoms. The fourth-order valence-corrected chi connectivity index (χ4v) is 4.43. The topological polar surface area (TPSA) is 71.6 Å². The number of carbonyl (C=O) groups is 1. The van der Waals surface area contributed by atoms with Gasteiger partial charge in [-0.1, -0.05) is 31.5 Å². The number of hydrogen-bond donors (Lipinski definition) is 1. The second-order valence-electron chi connectivity index (χ2n) is 7.94. The number of rotatable bonds is 4. The van der Waals surface area contributed by atoms with Gasteiger partial charge in [-0.15, -0.1) is 0 Å². The summed E-state index contributed by atoms with van der Waals surface area (Å²) >= 11 is 6.62. The SMILES string of the molecule is CC.Cc1cc(C)c(CN2C(=O)c3c(ccc(O[C@@H]4CCOC4)c3Cl)CC2C)c(=O)[nH]1. The molecule has 0 spiro atoms. The van der Waals surface area contributed by atoms with Crippen molar-refractivity contribution in [1.29, 1.82) is 0 Å². The molecule has 2 atom stereocenters. The number of benzene rings is 1. The van der Waals surface area contributed by atoms with Crippen LogP contribution in [-0.4, -0.2) is 41.2 Å². The van der Waals surface area contributed by atoms with E-state index in [9.17, 15) is 9.59 Å². The summed E-state index contributed by atoms with van der Waals surface area (Å²) in [6, 6.07) is 5.64. The zero-order chi connectivity index (χ0) is 22.7. The number of aromatic amines is 1. The smallest absolute Gasteiger partial charge is 0.256 e. The molecule has 1 aromatic carbocycles. The molecule has 2 aromatic rings. The van der Waals surface area contributed by atoms with Crippen molar-refractivity contribution in [3.05, 3.63) is 61.5 Å². The molecule has 2 aliphatic heterocycles. The lowest BCUT2D eigenvalue weighted by Crippen LogP contribution is -2.44. The van der Waals surface area contributed by atoms with E-state index in [1.165, 1.54) is 0 Å². The van der Waals surface area contributed by atoms with E-state index in [0.717, 1.165) is 23.2 Å². The van der Waals surface area contributed by atoms with E-state index in [1.807, 2.05) is 52.8 Å². The van der Waals surface area contributed by atoms with Crippen LogP contribution in [-0.2, 0) is 17.7 Å². The molecular formula is C24H31ClN2O4. The number of amides is 1. The van der Waals surface area contributed by atoms with E-state index < -0.39 is 0 Å². The summed E-state index contributed by atoms with van der Waals surface area (Å²) in [4.78, 5) is 30.4. The van der Waals surface area contributed by atoms with Crippen molar-refractivity contribution in [2.45, 2.75) is 66.2 Å². The highest BCUT2D eigenvalue weighted by molar-refractivity contribution is 6.35. The number of hydrogen-bond acceptors (Lipinski definition) is 4. The minimum Gasteiger partial charge on any atom is -0.486 e. The van der Waals surface area contributed by atoms with Crippen LogP contribution < -0.4 is 10.3 Å². The zero-order valence-corrected chi connectivity index (χ0v) is 19.6. The van der Waals surface area contributed by atoms with Gasteiger partial charge in [-0.05, 0) is 50.5 Å². The number of ether oxygens (including phenoxy) is 2. The fourth-order valence-electron chi connectivity index (χ4n) is 4.12. The van der Waals surface area contributed by atoms with E-state index in [4.69, 9.17) is 21.1 Å². The highest BCUT2D eigenvalue weighted by Crippen LogP contribution is 2.37. The molecular weight excluding hydrogens is 416 g/mol. The predicted molar refractivity (Wildman–Crippen MR) is 122 cm³/mol. The number of fused-ring (bicyclic) bond motifs is 1. The van der Waals surface area contributed by atoms with Crippen molar-refractivity contribution < 1.29 is 14.3 Å². The van der Waals surface area contributed by atoms with Crippen LogP contribution >= 0.6 is 11.6 Å². The lowest BCUT2D eigenvalue weighted by Gasteiger charge is -2.35. The Labute approximate surface area is 188 Å². The second-order valence-corrected chi connectivity index (χ2v) is 8.32. The first-order valence-corrected chi connectivity index (χ1v) is 11.3. The van der Waals surface area contributed by atoms with Gasteiger partial charge in [0.15, 0.2) is 0 Å². The normalized spacial score (nSPS) is 20.2. The van der Waals surface area contributed by atoms with Crippen LogP contribution in [0, 0.1) is 13.8 Å². The zero-order valence-electron chi connectivity index (χ0n) is 18.9. The number of nitrogens with one attached hydrogen (secondary N) is 1. The number of carbonyl (C=O) groups excluding carboxylic acids is 1. The van der Waals surface area contributed by atoms with Crippen LogP contribution in [0.1, 0.15) is 59.9 Å². The average molecular weight is 447 g/mol. The summed E-state index contributed by atoms with van der Waals surface area (Å²) in [5, 5.41) is 0.339. The molecule has 1 N–H and O–H groups in total. The quantitative estimate of drug-likeness (QED) is 0.754. The lowest BCUT2D eigenvalue weighted by molar-refractivity contribution is 0.0647. The van der Waals surface area contributed by atoms with Crippen LogP contribution in [0.3, 0.4) is 0 Å². The molecule has 0 saturated carbocycles. The van der Waals surface area contributed by atoms with Gasteiger partial charge in [0, 0.05) is 23.7 Å². The number of aryl methyl sites for hydroxylation is 2. The Balaban J connectivity index is 0.00000132. The number of pyridine rings is 1. The Bertz CT molecular complexity index is 1010. The van der Waals surface area contributed by atoms with E-state index in [2.05, 4.69) is 4.98 Å². The van der Waals surface area contributed by atoms with Crippen molar-refractivity contribution >= 4 is 17.5 Å². The van der Waals surface area contributed by atoms with E-state index in [-0.39, 0.29) is 30.2 Å². The maximum Gasteiger partial charge on any atom is 0.256 e. The molecule has 6 nitrogen and oxygen atoms in total. The van der Waals surface area contributed by atoms with Gasteiger partial charge in [-0.3, -0.25) is 9.59 Å². The second kappa shape index (κ2) is 9.88. The molecule has 168 valence electrons. The Morgan fingerprint density at radius 2 is 2.00 bits per heavy atom. The van der Waals surface area contributed by atoms with Gasteiger partial charge >= 0.3 is 0 Å². The maximum atomic E-state index is 13.4.